The molecule has 0 spiro atoms. The van der Waals surface area contributed by atoms with Gasteiger partial charge >= 0.3 is 0 Å². The van der Waals surface area contributed by atoms with Crippen LogP contribution in [0.15, 0.2) is 24.3 Å². The second-order valence-electron chi connectivity index (χ2n) is 4.71. The molecule has 112 valence electrons. The van der Waals surface area contributed by atoms with Crippen molar-refractivity contribution >= 4 is 17.9 Å². The van der Waals surface area contributed by atoms with Gasteiger partial charge in [0.2, 0.25) is 0 Å². The van der Waals surface area contributed by atoms with E-state index in [1.807, 2.05) is 0 Å². The third kappa shape index (κ3) is 4.29. The van der Waals surface area contributed by atoms with E-state index in [1.165, 1.54) is 0 Å². The average Bonchev–Trinajstić information content (AvgIpc) is 2.89. The highest BCUT2D eigenvalue weighted by molar-refractivity contribution is 6.30. The lowest BCUT2D eigenvalue weighted by atomic mass is 10.2. The summed E-state index contributed by atoms with van der Waals surface area (Å²) in [7, 11) is 0. The third-order valence-corrected chi connectivity index (χ3v) is 3.39. The molecule has 0 amide bonds. The van der Waals surface area contributed by atoms with E-state index < -0.39 is 0 Å². The first-order chi connectivity index (χ1) is 10.2. The van der Waals surface area contributed by atoms with E-state index in [9.17, 15) is 4.79 Å². The Hall–Kier alpha value is -1.88. The number of hydrogen-bond acceptors (Lipinski definition) is 4. The summed E-state index contributed by atoms with van der Waals surface area (Å²) in [6, 6.07) is 7.09. The third-order valence-electron chi connectivity index (χ3n) is 3.14. The molecule has 0 fully saturated rings. The Morgan fingerprint density at radius 1 is 1.29 bits per heavy atom. The van der Waals surface area contributed by atoms with Crippen LogP contribution in [-0.4, -0.2) is 21.3 Å². The van der Waals surface area contributed by atoms with Gasteiger partial charge in [-0.1, -0.05) is 36.6 Å². The molecule has 0 saturated carbocycles. The number of rotatable bonds is 8. The van der Waals surface area contributed by atoms with Crippen molar-refractivity contribution in [3.63, 3.8) is 0 Å². The summed E-state index contributed by atoms with van der Waals surface area (Å²) >= 11 is 5.83. The maximum atomic E-state index is 11.0. The van der Waals surface area contributed by atoms with Crippen LogP contribution in [0, 0.1) is 0 Å². The quantitative estimate of drug-likeness (QED) is 0.553. The Morgan fingerprint density at radius 3 is 2.71 bits per heavy atom. The highest BCUT2D eigenvalue weighted by Crippen LogP contribution is 2.17. The van der Waals surface area contributed by atoms with Gasteiger partial charge in [0.15, 0.2) is 12.0 Å². The summed E-state index contributed by atoms with van der Waals surface area (Å²) in [5, 5.41) is 8.56. The number of aldehydes is 1. The van der Waals surface area contributed by atoms with Crippen LogP contribution in [-0.2, 0) is 13.2 Å². The fraction of sp³-hybridized carbons (Fsp3) is 0.400. The number of halogens is 1. The van der Waals surface area contributed by atoms with Gasteiger partial charge in [-0.3, -0.25) is 4.79 Å². The van der Waals surface area contributed by atoms with Gasteiger partial charge in [0, 0.05) is 11.6 Å². The maximum Gasteiger partial charge on any atom is 0.172 e. The van der Waals surface area contributed by atoms with E-state index in [1.54, 1.807) is 28.9 Å². The van der Waals surface area contributed by atoms with Crippen LogP contribution >= 0.6 is 11.6 Å². The minimum atomic E-state index is 0.259. The molecule has 0 aliphatic rings. The number of ether oxygens (including phenoxy) is 1. The highest BCUT2D eigenvalue weighted by atomic mass is 35.5. The predicted octanol–water partition coefficient (Wildman–Crippen LogP) is 3.51. The summed E-state index contributed by atoms with van der Waals surface area (Å²) in [5.74, 6) is 0.692. The summed E-state index contributed by atoms with van der Waals surface area (Å²) < 4.78 is 7.42. The largest absolute Gasteiger partial charge is 0.487 e. The molecule has 21 heavy (non-hydrogen) atoms. The molecule has 6 heteroatoms. The number of aromatic nitrogens is 3. The number of carbonyl (C=O) groups is 1. The van der Waals surface area contributed by atoms with Gasteiger partial charge in [0.1, 0.15) is 18.1 Å². The fourth-order valence-electron chi connectivity index (χ4n) is 1.96. The Kier molecular flexibility index (Phi) is 5.75. The van der Waals surface area contributed by atoms with Gasteiger partial charge in [-0.15, -0.1) is 5.10 Å². The van der Waals surface area contributed by atoms with Gasteiger partial charge < -0.3 is 4.74 Å². The zero-order valence-corrected chi connectivity index (χ0v) is 12.7. The standard InChI is InChI=1S/C15H18ClN3O2/c1-2-3-4-9-19-15(14(10-20)17-18-19)11-21-13-7-5-12(16)6-8-13/h5-8,10H,2-4,9,11H2,1H3. The highest BCUT2D eigenvalue weighted by Gasteiger charge is 2.12. The van der Waals surface area contributed by atoms with Crippen molar-refractivity contribution in [2.45, 2.75) is 39.3 Å². The molecule has 0 unspecified atom stereocenters. The number of carbonyl (C=O) groups excluding carboxylic acids is 1. The monoisotopic (exact) mass is 307 g/mol. The van der Waals surface area contributed by atoms with E-state index in [4.69, 9.17) is 16.3 Å². The molecule has 1 aromatic heterocycles. The Balaban J connectivity index is 2.04. The van der Waals surface area contributed by atoms with Crippen LogP contribution in [0.2, 0.25) is 5.02 Å². The van der Waals surface area contributed by atoms with Crippen molar-refractivity contribution in [2.75, 3.05) is 0 Å². The van der Waals surface area contributed by atoms with Gasteiger partial charge in [0.25, 0.3) is 0 Å². The van der Waals surface area contributed by atoms with Crippen molar-refractivity contribution in [2.24, 2.45) is 0 Å². The van der Waals surface area contributed by atoms with Gasteiger partial charge in [-0.2, -0.15) is 0 Å². The molecule has 2 aromatic rings. The second kappa shape index (κ2) is 7.78. The van der Waals surface area contributed by atoms with E-state index >= 15 is 0 Å². The van der Waals surface area contributed by atoms with Crippen LogP contribution in [0.1, 0.15) is 42.4 Å². The van der Waals surface area contributed by atoms with Crippen LogP contribution in [0.3, 0.4) is 0 Å². The summed E-state index contributed by atoms with van der Waals surface area (Å²) in [6.45, 7) is 3.14. The van der Waals surface area contributed by atoms with Crippen LogP contribution in [0.4, 0.5) is 0 Å². The van der Waals surface area contributed by atoms with Crippen molar-refractivity contribution in [1.82, 2.24) is 15.0 Å². The van der Waals surface area contributed by atoms with Gasteiger partial charge in [-0.25, -0.2) is 4.68 Å². The van der Waals surface area contributed by atoms with Crippen molar-refractivity contribution in [3.8, 4) is 5.75 Å². The number of nitrogens with zero attached hydrogens (tertiary/aromatic N) is 3. The smallest absolute Gasteiger partial charge is 0.172 e. The lowest BCUT2D eigenvalue weighted by Crippen LogP contribution is -2.09. The van der Waals surface area contributed by atoms with E-state index in [0.29, 0.717) is 28.4 Å². The van der Waals surface area contributed by atoms with Gasteiger partial charge in [0.05, 0.1) is 0 Å². The molecule has 1 aromatic carbocycles. The van der Waals surface area contributed by atoms with Gasteiger partial charge in [-0.05, 0) is 30.7 Å². The summed E-state index contributed by atoms with van der Waals surface area (Å²) in [5.41, 5.74) is 1.04. The molecule has 1 heterocycles. The summed E-state index contributed by atoms with van der Waals surface area (Å²) in [6.07, 6.45) is 3.97. The first-order valence-corrected chi connectivity index (χ1v) is 7.38. The number of unbranched alkanes of at least 4 members (excludes halogenated alkanes) is 2. The predicted molar refractivity (Wildman–Crippen MR) is 80.7 cm³/mol. The lowest BCUT2D eigenvalue weighted by molar-refractivity contribution is 0.111. The number of hydrogen-bond donors (Lipinski definition) is 0. The summed E-state index contributed by atoms with van der Waals surface area (Å²) in [4.78, 5) is 11.0. The van der Waals surface area contributed by atoms with Crippen LogP contribution in [0.25, 0.3) is 0 Å². The molecule has 0 bridgehead atoms. The molecule has 0 N–H and O–H groups in total. The molecule has 0 aliphatic heterocycles. The Labute approximate surface area is 128 Å². The van der Waals surface area contributed by atoms with Crippen molar-refractivity contribution in [1.29, 1.82) is 0 Å². The minimum absolute atomic E-state index is 0.259. The zero-order valence-electron chi connectivity index (χ0n) is 12.0. The first kappa shape index (κ1) is 15.5. The normalized spacial score (nSPS) is 10.6. The van der Waals surface area contributed by atoms with E-state index in [0.717, 1.165) is 25.8 Å². The molecule has 0 aliphatic carbocycles. The van der Waals surface area contributed by atoms with Crippen LogP contribution in [0.5, 0.6) is 5.75 Å². The molecular formula is C15H18ClN3O2. The molecule has 0 atom stereocenters. The van der Waals surface area contributed by atoms with Crippen molar-refractivity contribution in [3.05, 3.63) is 40.7 Å². The Morgan fingerprint density at radius 2 is 2.05 bits per heavy atom. The molecule has 0 radical (unpaired) electrons. The topological polar surface area (TPSA) is 57.0 Å². The SMILES string of the molecule is CCCCCn1nnc(C=O)c1COc1ccc(Cl)cc1. The minimum Gasteiger partial charge on any atom is -0.487 e. The molecule has 0 saturated heterocycles. The van der Waals surface area contributed by atoms with E-state index in [2.05, 4.69) is 17.2 Å². The van der Waals surface area contributed by atoms with Crippen molar-refractivity contribution < 1.29 is 9.53 Å². The van der Waals surface area contributed by atoms with Crippen LogP contribution < -0.4 is 4.74 Å². The lowest BCUT2D eigenvalue weighted by Gasteiger charge is -2.09. The number of benzene rings is 1. The fourth-order valence-corrected chi connectivity index (χ4v) is 2.09. The molecular weight excluding hydrogens is 290 g/mol. The second-order valence-corrected chi connectivity index (χ2v) is 5.15. The average molecular weight is 308 g/mol. The Bertz CT molecular complexity index is 581. The molecule has 2 rings (SSSR count). The van der Waals surface area contributed by atoms with E-state index in [-0.39, 0.29) is 6.61 Å². The number of aryl methyl sites for hydroxylation is 1. The zero-order chi connectivity index (χ0) is 15.1. The molecule has 5 nitrogen and oxygen atoms in total. The first-order valence-electron chi connectivity index (χ1n) is 7.00. The maximum absolute atomic E-state index is 11.0.